The molecule has 0 unspecified atom stereocenters. The van der Waals surface area contributed by atoms with Crippen molar-refractivity contribution in [2.24, 2.45) is 5.73 Å². The topological polar surface area (TPSA) is 90.0 Å². The van der Waals surface area contributed by atoms with Gasteiger partial charge in [0.15, 0.2) is 5.82 Å². The average Bonchev–Trinajstić information content (AvgIpc) is 2.22. The third kappa shape index (κ3) is 3.87. The maximum atomic E-state index is 12.0. The lowest BCUT2D eigenvalue weighted by Gasteiger charge is -2.25. The van der Waals surface area contributed by atoms with E-state index in [2.05, 4.69) is 10.3 Å². The Bertz CT molecular complexity index is 479. The number of hydrogen-bond donors (Lipinski definition) is 2. The molecule has 0 radical (unpaired) electrons. The van der Waals surface area contributed by atoms with Crippen LogP contribution < -0.4 is 16.6 Å². The van der Waals surface area contributed by atoms with Crippen LogP contribution >= 0.6 is 0 Å². The summed E-state index contributed by atoms with van der Waals surface area (Å²) in [6.45, 7) is 6.25. The van der Waals surface area contributed by atoms with E-state index in [9.17, 15) is 9.59 Å². The predicted molar refractivity (Wildman–Crippen MR) is 70.3 cm³/mol. The van der Waals surface area contributed by atoms with Crippen molar-refractivity contribution in [2.45, 2.75) is 45.7 Å². The van der Waals surface area contributed by atoms with E-state index in [1.54, 1.807) is 30.8 Å². The van der Waals surface area contributed by atoms with E-state index in [0.717, 1.165) is 6.42 Å². The van der Waals surface area contributed by atoms with Gasteiger partial charge in [-0.3, -0.25) is 9.59 Å². The van der Waals surface area contributed by atoms with Crippen molar-refractivity contribution in [3.63, 3.8) is 0 Å². The van der Waals surface area contributed by atoms with Gasteiger partial charge in [-0.05, 0) is 20.3 Å². The number of hydrogen-bond acceptors (Lipinski definition) is 4. The molecule has 0 atom stereocenters. The lowest BCUT2D eigenvalue weighted by molar-refractivity contribution is -0.118. The van der Waals surface area contributed by atoms with Gasteiger partial charge < -0.3 is 15.6 Å². The van der Waals surface area contributed by atoms with E-state index in [1.165, 1.54) is 0 Å². The molecule has 0 aromatic carbocycles. The Balaban J connectivity index is 2.94. The van der Waals surface area contributed by atoms with Gasteiger partial charge in [-0.15, -0.1) is 0 Å². The summed E-state index contributed by atoms with van der Waals surface area (Å²) in [6.07, 6.45) is 4.22. The Morgan fingerprint density at radius 1 is 1.56 bits per heavy atom. The maximum absolute atomic E-state index is 12.0. The molecule has 0 spiro atoms. The zero-order chi connectivity index (χ0) is 13.8. The molecule has 3 N–H and O–H groups in total. The fourth-order valence-electron chi connectivity index (χ4n) is 1.75. The van der Waals surface area contributed by atoms with Crippen LogP contribution in [0.2, 0.25) is 0 Å². The summed E-state index contributed by atoms with van der Waals surface area (Å²) >= 11 is 0. The molecule has 0 fully saturated rings. The molecular formula is C12H20N4O2. The maximum Gasteiger partial charge on any atom is 0.293 e. The Kier molecular flexibility index (Phi) is 4.47. The zero-order valence-electron chi connectivity index (χ0n) is 11.1. The zero-order valence-corrected chi connectivity index (χ0v) is 11.1. The van der Waals surface area contributed by atoms with Crippen molar-refractivity contribution in [1.82, 2.24) is 9.55 Å². The second-order valence-corrected chi connectivity index (χ2v) is 4.93. The SMILES string of the molecule is CCCn1ccnc(NC(C)(C)CC(N)=O)c1=O. The van der Waals surface area contributed by atoms with Gasteiger partial charge in [0.05, 0.1) is 0 Å². The van der Waals surface area contributed by atoms with Crippen molar-refractivity contribution in [2.75, 3.05) is 5.32 Å². The molecule has 0 aliphatic carbocycles. The molecule has 100 valence electrons. The minimum Gasteiger partial charge on any atom is -0.370 e. The van der Waals surface area contributed by atoms with Gasteiger partial charge >= 0.3 is 0 Å². The van der Waals surface area contributed by atoms with Gasteiger partial charge in [-0.1, -0.05) is 6.92 Å². The molecule has 1 aromatic heterocycles. The smallest absolute Gasteiger partial charge is 0.293 e. The fraction of sp³-hybridized carbons (Fsp3) is 0.583. The van der Waals surface area contributed by atoms with Gasteiger partial charge in [0.25, 0.3) is 5.56 Å². The normalized spacial score (nSPS) is 11.3. The van der Waals surface area contributed by atoms with Crippen LogP contribution in [0.25, 0.3) is 0 Å². The Morgan fingerprint density at radius 2 is 2.22 bits per heavy atom. The minimum atomic E-state index is -0.594. The molecule has 0 saturated carbocycles. The largest absolute Gasteiger partial charge is 0.370 e. The van der Waals surface area contributed by atoms with E-state index < -0.39 is 11.4 Å². The number of carbonyl (C=O) groups excluding carboxylic acids is 1. The molecule has 1 heterocycles. The van der Waals surface area contributed by atoms with E-state index in [4.69, 9.17) is 5.73 Å². The standard InChI is InChI=1S/C12H20N4O2/c1-4-6-16-7-5-14-10(11(16)18)15-12(2,3)8-9(13)17/h5,7H,4,6,8H2,1-3H3,(H2,13,17)(H,14,15). The fourth-order valence-corrected chi connectivity index (χ4v) is 1.75. The summed E-state index contributed by atoms with van der Waals surface area (Å²) in [6, 6.07) is 0. The van der Waals surface area contributed by atoms with Crippen LogP contribution in [-0.2, 0) is 11.3 Å². The second kappa shape index (κ2) is 5.66. The first-order valence-electron chi connectivity index (χ1n) is 5.97. The first kappa shape index (κ1) is 14.2. The van der Waals surface area contributed by atoms with Crippen LogP contribution in [0.4, 0.5) is 5.82 Å². The van der Waals surface area contributed by atoms with Gasteiger partial charge in [0, 0.05) is 30.9 Å². The average molecular weight is 252 g/mol. The van der Waals surface area contributed by atoms with Crippen LogP contribution in [0.15, 0.2) is 17.2 Å². The summed E-state index contributed by atoms with van der Waals surface area (Å²) in [5, 5.41) is 2.97. The first-order chi connectivity index (χ1) is 8.35. The quantitative estimate of drug-likeness (QED) is 0.780. The van der Waals surface area contributed by atoms with Gasteiger partial charge in [-0.2, -0.15) is 0 Å². The van der Waals surface area contributed by atoms with Crippen LogP contribution in [-0.4, -0.2) is 21.0 Å². The summed E-state index contributed by atoms with van der Waals surface area (Å²) in [7, 11) is 0. The number of nitrogens with one attached hydrogen (secondary N) is 1. The summed E-state index contributed by atoms with van der Waals surface area (Å²) < 4.78 is 1.59. The summed E-state index contributed by atoms with van der Waals surface area (Å²) in [5.41, 5.74) is 4.39. The van der Waals surface area contributed by atoms with Crippen molar-refractivity contribution >= 4 is 11.7 Å². The Morgan fingerprint density at radius 3 is 2.78 bits per heavy atom. The van der Waals surface area contributed by atoms with Crippen molar-refractivity contribution in [3.8, 4) is 0 Å². The Labute approximate surface area is 106 Å². The van der Waals surface area contributed by atoms with Crippen molar-refractivity contribution in [1.29, 1.82) is 0 Å². The van der Waals surface area contributed by atoms with E-state index in [1.807, 2.05) is 6.92 Å². The highest BCUT2D eigenvalue weighted by Crippen LogP contribution is 2.13. The lowest BCUT2D eigenvalue weighted by atomic mass is 10.0. The van der Waals surface area contributed by atoms with E-state index >= 15 is 0 Å². The molecule has 6 heteroatoms. The van der Waals surface area contributed by atoms with Crippen molar-refractivity contribution in [3.05, 3.63) is 22.7 Å². The predicted octanol–water partition coefficient (Wildman–Crippen LogP) is 0.719. The molecular weight excluding hydrogens is 232 g/mol. The Hall–Kier alpha value is -1.85. The molecule has 1 aromatic rings. The van der Waals surface area contributed by atoms with Gasteiger partial charge in [0.1, 0.15) is 0 Å². The molecule has 6 nitrogen and oxygen atoms in total. The number of rotatable bonds is 6. The van der Waals surface area contributed by atoms with Crippen molar-refractivity contribution < 1.29 is 4.79 Å². The molecule has 0 saturated heterocycles. The molecule has 18 heavy (non-hydrogen) atoms. The number of nitrogens with zero attached hydrogens (tertiary/aromatic N) is 2. The lowest BCUT2D eigenvalue weighted by Crippen LogP contribution is -2.39. The van der Waals surface area contributed by atoms with Gasteiger partial charge in [-0.25, -0.2) is 4.98 Å². The second-order valence-electron chi connectivity index (χ2n) is 4.93. The third-order valence-corrected chi connectivity index (χ3v) is 2.45. The van der Waals surface area contributed by atoms with Crippen LogP contribution in [0, 0.1) is 0 Å². The number of aromatic nitrogens is 2. The number of nitrogens with two attached hydrogens (primary N) is 1. The van der Waals surface area contributed by atoms with E-state index in [-0.39, 0.29) is 17.8 Å². The highest BCUT2D eigenvalue weighted by atomic mass is 16.1. The third-order valence-electron chi connectivity index (χ3n) is 2.45. The number of aryl methyl sites for hydroxylation is 1. The van der Waals surface area contributed by atoms with Crippen LogP contribution in [0.3, 0.4) is 0 Å². The van der Waals surface area contributed by atoms with Crippen LogP contribution in [0.5, 0.6) is 0 Å². The number of carbonyl (C=O) groups is 1. The monoisotopic (exact) mass is 252 g/mol. The van der Waals surface area contributed by atoms with E-state index in [0.29, 0.717) is 6.54 Å². The minimum absolute atomic E-state index is 0.136. The number of amides is 1. The summed E-state index contributed by atoms with van der Waals surface area (Å²) in [5.74, 6) is -0.172. The number of anilines is 1. The molecule has 0 aliphatic rings. The molecule has 0 aliphatic heterocycles. The van der Waals surface area contributed by atoms with Crippen LogP contribution in [0.1, 0.15) is 33.6 Å². The number of primary amides is 1. The molecule has 0 bridgehead atoms. The molecule has 1 amide bonds. The first-order valence-corrected chi connectivity index (χ1v) is 5.97. The highest BCUT2D eigenvalue weighted by molar-refractivity contribution is 5.75. The molecule has 1 rings (SSSR count). The van der Waals surface area contributed by atoms with Gasteiger partial charge in [0.2, 0.25) is 5.91 Å². The summed E-state index contributed by atoms with van der Waals surface area (Å²) in [4.78, 5) is 27.0. The highest BCUT2D eigenvalue weighted by Gasteiger charge is 2.22.